The van der Waals surface area contributed by atoms with E-state index in [-0.39, 0.29) is 17.4 Å². The number of aromatic carboxylic acids is 1. The molecule has 0 saturated heterocycles. The lowest BCUT2D eigenvalue weighted by Crippen LogP contribution is -2.18. The molecule has 1 aliphatic carbocycles. The van der Waals surface area contributed by atoms with Crippen molar-refractivity contribution in [3.05, 3.63) is 17.1 Å². The predicted octanol–water partition coefficient (Wildman–Crippen LogP) is 1.76. The summed E-state index contributed by atoms with van der Waals surface area (Å²) < 4.78 is 5.01. The van der Waals surface area contributed by atoms with Gasteiger partial charge in [-0.3, -0.25) is 0 Å². The highest BCUT2D eigenvalue weighted by Crippen LogP contribution is 2.38. The average molecular weight is 222 g/mol. The number of hydrogen-bond acceptors (Lipinski definition) is 4. The van der Waals surface area contributed by atoms with E-state index in [1.54, 1.807) is 6.92 Å². The second kappa shape index (κ2) is 4.08. The SMILES string of the molecule is COc1nc(C)nc(C2CCC2)c1C(=O)O. The minimum Gasteiger partial charge on any atom is -0.480 e. The van der Waals surface area contributed by atoms with Crippen LogP contribution in [-0.2, 0) is 0 Å². The molecule has 1 fully saturated rings. The number of ether oxygens (including phenoxy) is 1. The molecule has 5 heteroatoms. The summed E-state index contributed by atoms with van der Waals surface area (Å²) in [7, 11) is 1.43. The van der Waals surface area contributed by atoms with Crippen molar-refractivity contribution in [2.24, 2.45) is 0 Å². The van der Waals surface area contributed by atoms with E-state index in [1.165, 1.54) is 7.11 Å². The number of aromatic nitrogens is 2. The topological polar surface area (TPSA) is 72.3 Å². The molecule has 0 bridgehead atoms. The Labute approximate surface area is 93.5 Å². The van der Waals surface area contributed by atoms with E-state index in [9.17, 15) is 9.90 Å². The van der Waals surface area contributed by atoms with Crippen molar-refractivity contribution in [1.29, 1.82) is 0 Å². The highest BCUT2D eigenvalue weighted by molar-refractivity contribution is 5.91. The predicted molar refractivity (Wildman–Crippen MR) is 56.9 cm³/mol. The fourth-order valence-corrected chi connectivity index (χ4v) is 1.89. The maximum absolute atomic E-state index is 11.2. The molecule has 1 saturated carbocycles. The van der Waals surface area contributed by atoms with E-state index in [0.717, 1.165) is 19.3 Å². The third-order valence-electron chi connectivity index (χ3n) is 2.91. The first-order valence-electron chi connectivity index (χ1n) is 5.29. The van der Waals surface area contributed by atoms with Crippen LogP contribution in [0.15, 0.2) is 0 Å². The second-order valence-electron chi connectivity index (χ2n) is 3.97. The van der Waals surface area contributed by atoms with Crippen LogP contribution < -0.4 is 4.74 Å². The fourth-order valence-electron chi connectivity index (χ4n) is 1.89. The molecule has 1 aromatic rings. The minimum atomic E-state index is -1.02. The highest BCUT2D eigenvalue weighted by atomic mass is 16.5. The summed E-state index contributed by atoms with van der Waals surface area (Å²) in [5, 5.41) is 9.18. The van der Waals surface area contributed by atoms with Crippen molar-refractivity contribution in [2.45, 2.75) is 32.1 Å². The Morgan fingerprint density at radius 2 is 2.12 bits per heavy atom. The van der Waals surface area contributed by atoms with Crippen LogP contribution in [0.4, 0.5) is 0 Å². The first kappa shape index (κ1) is 10.9. The normalized spacial score (nSPS) is 15.6. The summed E-state index contributed by atoms with van der Waals surface area (Å²) in [6.07, 6.45) is 3.13. The van der Waals surface area contributed by atoms with Gasteiger partial charge in [-0.25, -0.2) is 9.78 Å². The number of carboxylic acid groups (broad SMARTS) is 1. The third-order valence-corrected chi connectivity index (χ3v) is 2.91. The fraction of sp³-hybridized carbons (Fsp3) is 0.545. The number of carboxylic acids is 1. The second-order valence-corrected chi connectivity index (χ2v) is 3.97. The van der Waals surface area contributed by atoms with Gasteiger partial charge in [-0.05, 0) is 19.8 Å². The molecule has 0 amide bonds. The van der Waals surface area contributed by atoms with E-state index in [2.05, 4.69) is 9.97 Å². The number of aryl methyl sites for hydroxylation is 1. The van der Waals surface area contributed by atoms with Crippen LogP contribution in [0.5, 0.6) is 5.88 Å². The van der Waals surface area contributed by atoms with Crippen molar-refractivity contribution in [1.82, 2.24) is 9.97 Å². The molecule has 16 heavy (non-hydrogen) atoms. The zero-order valence-corrected chi connectivity index (χ0v) is 9.36. The quantitative estimate of drug-likeness (QED) is 0.843. The zero-order chi connectivity index (χ0) is 11.7. The molecule has 86 valence electrons. The van der Waals surface area contributed by atoms with Gasteiger partial charge in [-0.2, -0.15) is 4.98 Å². The number of hydrogen-bond donors (Lipinski definition) is 1. The van der Waals surface area contributed by atoms with Crippen molar-refractivity contribution >= 4 is 5.97 Å². The van der Waals surface area contributed by atoms with Gasteiger partial charge in [0.15, 0.2) is 0 Å². The summed E-state index contributed by atoms with van der Waals surface area (Å²) in [5.74, 6) is -0.0360. The monoisotopic (exact) mass is 222 g/mol. The molecule has 0 spiro atoms. The van der Waals surface area contributed by atoms with E-state index >= 15 is 0 Å². The number of nitrogens with zero attached hydrogens (tertiary/aromatic N) is 2. The van der Waals surface area contributed by atoms with Crippen LogP contribution in [0.25, 0.3) is 0 Å². The third kappa shape index (κ3) is 1.73. The van der Waals surface area contributed by atoms with E-state index in [1.807, 2.05) is 0 Å². The van der Waals surface area contributed by atoms with Crippen LogP contribution in [0.3, 0.4) is 0 Å². The van der Waals surface area contributed by atoms with E-state index < -0.39 is 5.97 Å². The van der Waals surface area contributed by atoms with Crippen LogP contribution in [0.2, 0.25) is 0 Å². The average Bonchev–Trinajstić information content (AvgIpc) is 2.13. The first-order valence-corrected chi connectivity index (χ1v) is 5.29. The Bertz CT molecular complexity index is 427. The van der Waals surface area contributed by atoms with Crippen molar-refractivity contribution < 1.29 is 14.6 Å². The van der Waals surface area contributed by atoms with Crippen molar-refractivity contribution in [3.8, 4) is 5.88 Å². The standard InChI is InChI=1S/C11H14N2O3/c1-6-12-9(7-4-3-5-7)8(11(14)15)10(13-6)16-2/h7H,3-5H2,1-2H3,(H,14,15). The molecular weight excluding hydrogens is 208 g/mol. The first-order chi connectivity index (χ1) is 7.63. The van der Waals surface area contributed by atoms with Gasteiger partial charge in [-0.15, -0.1) is 0 Å². The molecule has 5 nitrogen and oxygen atoms in total. The molecule has 1 N–H and O–H groups in total. The molecule has 1 aromatic heterocycles. The van der Waals surface area contributed by atoms with E-state index in [4.69, 9.17) is 4.74 Å². The van der Waals surface area contributed by atoms with Crippen LogP contribution in [0, 0.1) is 6.92 Å². The summed E-state index contributed by atoms with van der Waals surface area (Å²) in [5.41, 5.74) is 0.751. The highest BCUT2D eigenvalue weighted by Gasteiger charge is 2.29. The summed E-state index contributed by atoms with van der Waals surface area (Å²) in [6.45, 7) is 1.75. The van der Waals surface area contributed by atoms with Crippen LogP contribution in [-0.4, -0.2) is 28.2 Å². The lowest BCUT2D eigenvalue weighted by Gasteiger charge is -2.26. The Morgan fingerprint density at radius 1 is 1.44 bits per heavy atom. The molecule has 0 aliphatic heterocycles. The molecule has 0 atom stereocenters. The summed E-state index contributed by atoms with van der Waals surface area (Å²) in [4.78, 5) is 19.5. The van der Waals surface area contributed by atoms with Gasteiger partial charge < -0.3 is 9.84 Å². The smallest absolute Gasteiger partial charge is 0.343 e. The number of carbonyl (C=O) groups is 1. The molecule has 2 rings (SSSR count). The van der Waals surface area contributed by atoms with Gasteiger partial charge in [0.25, 0.3) is 0 Å². The maximum Gasteiger partial charge on any atom is 0.343 e. The largest absolute Gasteiger partial charge is 0.480 e. The van der Waals surface area contributed by atoms with Gasteiger partial charge in [0.05, 0.1) is 12.8 Å². The van der Waals surface area contributed by atoms with Gasteiger partial charge in [0, 0.05) is 5.92 Å². The zero-order valence-electron chi connectivity index (χ0n) is 9.36. The lowest BCUT2D eigenvalue weighted by atomic mass is 9.81. The molecule has 0 radical (unpaired) electrons. The van der Waals surface area contributed by atoms with Gasteiger partial charge >= 0.3 is 5.97 Å². The van der Waals surface area contributed by atoms with E-state index in [0.29, 0.717) is 11.5 Å². The Morgan fingerprint density at radius 3 is 2.56 bits per heavy atom. The minimum absolute atomic E-state index is 0.123. The Balaban J connectivity index is 2.54. The molecule has 0 unspecified atom stereocenters. The van der Waals surface area contributed by atoms with Gasteiger partial charge in [-0.1, -0.05) is 6.42 Å². The van der Waals surface area contributed by atoms with Gasteiger partial charge in [0.2, 0.25) is 5.88 Å². The summed E-state index contributed by atoms with van der Waals surface area (Å²) >= 11 is 0. The van der Waals surface area contributed by atoms with Crippen LogP contribution >= 0.6 is 0 Å². The Hall–Kier alpha value is -1.65. The van der Waals surface area contributed by atoms with Crippen molar-refractivity contribution in [2.75, 3.05) is 7.11 Å². The van der Waals surface area contributed by atoms with Crippen molar-refractivity contribution in [3.63, 3.8) is 0 Å². The van der Waals surface area contributed by atoms with Gasteiger partial charge in [0.1, 0.15) is 11.4 Å². The lowest BCUT2D eigenvalue weighted by molar-refractivity contribution is 0.0688. The maximum atomic E-state index is 11.2. The molecular formula is C11H14N2O3. The Kier molecular flexibility index (Phi) is 2.77. The van der Waals surface area contributed by atoms with Crippen LogP contribution in [0.1, 0.15) is 47.1 Å². The molecule has 0 aromatic carbocycles. The number of rotatable bonds is 3. The number of methoxy groups -OCH3 is 1. The molecule has 1 aliphatic rings. The molecule has 1 heterocycles. The summed E-state index contributed by atoms with van der Waals surface area (Å²) in [6, 6.07) is 0.